The molecule has 156 valence electrons. The van der Waals surface area contributed by atoms with Crippen molar-refractivity contribution in [1.29, 1.82) is 0 Å². The lowest BCUT2D eigenvalue weighted by Gasteiger charge is -2.05. The molecule has 0 unspecified atom stereocenters. The van der Waals surface area contributed by atoms with Crippen LogP contribution in [0.4, 0.5) is 0 Å². The van der Waals surface area contributed by atoms with E-state index >= 15 is 0 Å². The van der Waals surface area contributed by atoms with Gasteiger partial charge in [0.2, 0.25) is 5.91 Å². The highest BCUT2D eigenvalue weighted by Gasteiger charge is 2.09. The van der Waals surface area contributed by atoms with Gasteiger partial charge in [0.25, 0.3) is 0 Å². The van der Waals surface area contributed by atoms with Crippen molar-refractivity contribution in [2.75, 3.05) is 20.8 Å². The maximum atomic E-state index is 12.1. The molecule has 0 radical (unpaired) electrons. The number of ether oxygens (including phenoxy) is 2. The average molecular weight is 408 g/mol. The van der Waals surface area contributed by atoms with Crippen LogP contribution >= 0.6 is 0 Å². The minimum Gasteiger partial charge on any atom is -0.504 e. The van der Waals surface area contributed by atoms with Crippen LogP contribution in [0.5, 0.6) is 17.2 Å². The molecule has 0 aliphatic heterocycles. The van der Waals surface area contributed by atoms with Gasteiger partial charge >= 0.3 is 0 Å². The number of phenolic OH excluding ortho intramolecular Hbond substituents is 1. The number of hydrogen-bond donors (Lipinski definition) is 3. The molecule has 0 spiro atoms. The number of aromatic nitrogens is 1. The number of carbonyl (C=O) groups excluding carboxylic acids is 2. The highest BCUT2D eigenvalue weighted by atomic mass is 16.5. The fraction of sp³-hybridized carbons (Fsp3) is 0.217. The van der Waals surface area contributed by atoms with Gasteiger partial charge in [0, 0.05) is 23.6 Å². The lowest BCUT2D eigenvalue weighted by molar-refractivity contribution is -0.126. The summed E-state index contributed by atoms with van der Waals surface area (Å²) in [6, 6.07) is 10.5. The van der Waals surface area contributed by atoms with E-state index in [1.54, 1.807) is 25.3 Å². The van der Waals surface area contributed by atoms with Gasteiger partial charge in [-0.15, -0.1) is 0 Å². The smallest absolute Gasteiger partial charge is 0.227 e. The van der Waals surface area contributed by atoms with E-state index in [0.717, 1.165) is 22.2 Å². The Bertz CT molecular complexity index is 1080. The van der Waals surface area contributed by atoms with Crippen molar-refractivity contribution in [3.05, 3.63) is 59.8 Å². The normalized spacial score (nSPS) is 11.0. The molecular formula is C23H24N2O5. The van der Waals surface area contributed by atoms with Crippen molar-refractivity contribution < 1.29 is 24.2 Å². The minimum atomic E-state index is -0.328. The molecule has 3 N–H and O–H groups in total. The van der Waals surface area contributed by atoms with E-state index in [9.17, 15) is 14.7 Å². The number of allylic oxidation sites excluding steroid dienone is 1. The number of benzene rings is 2. The number of fused-ring (bicyclic) bond motifs is 1. The number of amides is 1. The number of phenols is 1. The Kier molecular flexibility index (Phi) is 6.75. The predicted molar refractivity (Wildman–Crippen MR) is 115 cm³/mol. The van der Waals surface area contributed by atoms with Crippen LogP contribution < -0.4 is 14.8 Å². The van der Waals surface area contributed by atoms with Crippen molar-refractivity contribution in [3.63, 3.8) is 0 Å². The predicted octanol–water partition coefficient (Wildman–Crippen LogP) is 3.22. The van der Waals surface area contributed by atoms with Gasteiger partial charge in [0.1, 0.15) is 5.75 Å². The number of methoxy groups -OCH3 is 2. The maximum Gasteiger partial charge on any atom is 0.227 e. The summed E-state index contributed by atoms with van der Waals surface area (Å²) in [6.45, 7) is 0.426. The third-order valence-corrected chi connectivity index (χ3v) is 4.69. The van der Waals surface area contributed by atoms with Crippen LogP contribution in [0.25, 0.3) is 17.0 Å². The number of hydrogen-bond acceptors (Lipinski definition) is 5. The van der Waals surface area contributed by atoms with Gasteiger partial charge in [-0.05, 0) is 54.0 Å². The molecule has 0 aliphatic rings. The van der Waals surface area contributed by atoms with Gasteiger partial charge in [-0.2, -0.15) is 0 Å². The first-order valence-electron chi connectivity index (χ1n) is 9.48. The first-order chi connectivity index (χ1) is 14.5. The summed E-state index contributed by atoms with van der Waals surface area (Å²) < 4.78 is 10.3. The molecule has 1 heterocycles. The molecule has 0 bridgehead atoms. The second-order valence-electron chi connectivity index (χ2n) is 6.73. The number of carbonyl (C=O) groups is 2. The third-order valence-electron chi connectivity index (χ3n) is 4.69. The molecular weight excluding hydrogens is 384 g/mol. The van der Waals surface area contributed by atoms with Crippen molar-refractivity contribution in [2.45, 2.75) is 12.8 Å². The standard InChI is InChI=1S/C23H24N2O5/c1-29-18-6-7-20-19(13-18)16(14-25-20)9-10-24-23(28)12-17(26)5-3-15-4-8-21(27)22(11-15)30-2/h3-8,11,13-14,25,27H,9-10,12H2,1-2H3,(H,24,28). The van der Waals surface area contributed by atoms with Crippen LogP contribution in [0.1, 0.15) is 17.5 Å². The van der Waals surface area contributed by atoms with E-state index in [1.165, 1.54) is 19.3 Å². The van der Waals surface area contributed by atoms with Crippen molar-refractivity contribution >= 4 is 28.7 Å². The van der Waals surface area contributed by atoms with Gasteiger partial charge in [-0.1, -0.05) is 12.1 Å². The Hall–Kier alpha value is -3.74. The fourth-order valence-electron chi connectivity index (χ4n) is 3.09. The zero-order valence-corrected chi connectivity index (χ0v) is 16.9. The summed E-state index contributed by atoms with van der Waals surface area (Å²) in [4.78, 5) is 27.3. The molecule has 7 nitrogen and oxygen atoms in total. The van der Waals surface area contributed by atoms with Crippen LogP contribution in [0.15, 0.2) is 48.7 Å². The van der Waals surface area contributed by atoms with E-state index in [4.69, 9.17) is 9.47 Å². The SMILES string of the molecule is COc1ccc2[nH]cc(CCNC(=O)CC(=O)C=Cc3ccc(O)c(OC)c3)c2c1. The lowest BCUT2D eigenvalue weighted by Crippen LogP contribution is -2.27. The quantitative estimate of drug-likeness (QED) is 0.373. The molecule has 0 saturated heterocycles. The summed E-state index contributed by atoms with van der Waals surface area (Å²) >= 11 is 0. The second kappa shape index (κ2) is 9.65. The van der Waals surface area contributed by atoms with Crippen LogP contribution in [-0.2, 0) is 16.0 Å². The number of H-pyrrole nitrogens is 1. The molecule has 30 heavy (non-hydrogen) atoms. The van der Waals surface area contributed by atoms with E-state index in [-0.39, 0.29) is 23.9 Å². The molecule has 7 heteroatoms. The number of ketones is 1. The first kappa shape index (κ1) is 21.0. The molecule has 2 aromatic carbocycles. The molecule has 3 rings (SSSR count). The molecule has 0 saturated carbocycles. The van der Waals surface area contributed by atoms with Gasteiger partial charge in [-0.25, -0.2) is 0 Å². The van der Waals surface area contributed by atoms with Crippen LogP contribution in [0.2, 0.25) is 0 Å². The minimum absolute atomic E-state index is 0.0222. The maximum absolute atomic E-state index is 12.1. The van der Waals surface area contributed by atoms with Crippen molar-refractivity contribution in [3.8, 4) is 17.2 Å². The van der Waals surface area contributed by atoms with Gasteiger partial charge < -0.3 is 24.9 Å². The van der Waals surface area contributed by atoms with Gasteiger partial charge in [0.05, 0.1) is 20.6 Å². The third kappa shape index (κ3) is 5.20. The Morgan fingerprint density at radius 1 is 1.13 bits per heavy atom. The number of aromatic amines is 1. The first-order valence-corrected chi connectivity index (χ1v) is 9.48. The fourth-order valence-corrected chi connectivity index (χ4v) is 3.09. The summed E-state index contributed by atoms with van der Waals surface area (Å²) in [6.07, 6.45) is 5.24. The molecule has 1 amide bonds. The van der Waals surface area contributed by atoms with Crippen LogP contribution in [0, 0.1) is 0 Å². The summed E-state index contributed by atoms with van der Waals surface area (Å²) in [5.74, 6) is 0.476. The topological polar surface area (TPSA) is 101 Å². The lowest BCUT2D eigenvalue weighted by atomic mass is 10.1. The molecule has 0 fully saturated rings. The van der Waals surface area contributed by atoms with Gasteiger partial charge in [0.15, 0.2) is 17.3 Å². The van der Waals surface area contributed by atoms with Crippen LogP contribution in [-0.4, -0.2) is 42.5 Å². The summed E-state index contributed by atoms with van der Waals surface area (Å²) in [5.41, 5.74) is 2.76. The van der Waals surface area contributed by atoms with E-state index < -0.39 is 0 Å². The monoisotopic (exact) mass is 408 g/mol. The Labute approximate surface area is 174 Å². The number of aromatic hydroxyl groups is 1. The summed E-state index contributed by atoms with van der Waals surface area (Å²) in [7, 11) is 3.07. The average Bonchev–Trinajstić information content (AvgIpc) is 3.15. The van der Waals surface area contributed by atoms with Crippen molar-refractivity contribution in [1.82, 2.24) is 10.3 Å². The molecule has 3 aromatic rings. The Morgan fingerprint density at radius 3 is 2.73 bits per heavy atom. The Balaban J connectivity index is 1.49. The largest absolute Gasteiger partial charge is 0.504 e. The molecule has 1 aromatic heterocycles. The van der Waals surface area contributed by atoms with Crippen LogP contribution in [0.3, 0.4) is 0 Å². The number of nitrogens with one attached hydrogen (secondary N) is 2. The zero-order valence-electron chi connectivity index (χ0n) is 16.9. The van der Waals surface area contributed by atoms with Gasteiger partial charge in [-0.3, -0.25) is 9.59 Å². The zero-order chi connectivity index (χ0) is 21.5. The molecule has 0 atom stereocenters. The highest BCUT2D eigenvalue weighted by molar-refractivity contribution is 6.05. The Morgan fingerprint density at radius 2 is 1.97 bits per heavy atom. The second-order valence-corrected chi connectivity index (χ2v) is 6.73. The van der Waals surface area contributed by atoms with E-state index in [2.05, 4.69) is 10.3 Å². The highest BCUT2D eigenvalue weighted by Crippen LogP contribution is 2.27. The number of rotatable bonds is 9. The summed E-state index contributed by atoms with van der Waals surface area (Å²) in [5, 5.41) is 13.4. The van der Waals surface area contributed by atoms with E-state index in [1.807, 2.05) is 24.4 Å². The van der Waals surface area contributed by atoms with E-state index in [0.29, 0.717) is 24.3 Å². The van der Waals surface area contributed by atoms with Crippen molar-refractivity contribution in [2.24, 2.45) is 0 Å². The molecule has 0 aliphatic carbocycles.